The smallest absolute Gasteiger partial charge is 0.0221 e. The monoisotopic (exact) mass is 274 g/mol. The first-order valence-corrected chi connectivity index (χ1v) is 6.23. The highest BCUT2D eigenvalue weighted by atomic mass is 79.9. The van der Waals surface area contributed by atoms with Gasteiger partial charge in [-0.15, -0.1) is 13.2 Å². The summed E-state index contributed by atoms with van der Waals surface area (Å²) < 4.78 is 1.19. The van der Waals surface area contributed by atoms with Crippen LogP contribution in [0, 0.1) is 0 Å². The number of benzene rings is 1. The normalized spacial score (nSPS) is 16.4. The predicted octanol–water partition coefficient (Wildman–Crippen LogP) is 4.83. The van der Waals surface area contributed by atoms with Gasteiger partial charge in [0.25, 0.3) is 0 Å². The third-order valence-electron chi connectivity index (χ3n) is 3.14. The number of fused-ring (bicyclic) bond motifs is 1. The molecule has 0 spiro atoms. The lowest BCUT2D eigenvalue weighted by atomic mass is 9.77. The number of allylic oxidation sites excluding steroid dienone is 3. The van der Waals surface area contributed by atoms with Gasteiger partial charge in [-0.1, -0.05) is 58.4 Å². The zero-order valence-electron chi connectivity index (χ0n) is 9.25. The molecule has 0 saturated carbocycles. The summed E-state index contributed by atoms with van der Waals surface area (Å²) in [6, 6.07) is 8.53. The molecule has 16 heavy (non-hydrogen) atoms. The summed E-state index contributed by atoms with van der Waals surface area (Å²) in [4.78, 5) is 0. The van der Waals surface area contributed by atoms with Gasteiger partial charge >= 0.3 is 0 Å². The molecule has 0 nitrogen and oxygen atoms in total. The molecular formula is C15H15Br. The molecule has 0 radical (unpaired) electrons. The standard InChI is InChI=1S/C15H15Br/c1-3-9-15(10-4-2)11-14(16)12-7-5-6-8-13(12)15/h3-8,11H,1-2,9-10H2. The fraction of sp³-hybridized carbons (Fsp3) is 0.200. The molecule has 82 valence electrons. The highest BCUT2D eigenvalue weighted by Gasteiger charge is 2.35. The van der Waals surface area contributed by atoms with Crippen LogP contribution >= 0.6 is 15.9 Å². The van der Waals surface area contributed by atoms with E-state index in [1.807, 2.05) is 12.2 Å². The van der Waals surface area contributed by atoms with Crippen LogP contribution < -0.4 is 0 Å². The summed E-state index contributed by atoms with van der Waals surface area (Å²) in [6.07, 6.45) is 8.17. The number of hydrogen-bond donors (Lipinski definition) is 0. The quantitative estimate of drug-likeness (QED) is 0.691. The summed E-state index contributed by atoms with van der Waals surface area (Å²) in [5.74, 6) is 0. The van der Waals surface area contributed by atoms with E-state index in [2.05, 4.69) is 59.4 Å². The highest BCUT2D eigenvalue weighted by Crippen LogP contribution is 2.47. The number of hydrogen-bond acceptors (Lipinski definition) is 0. The SMILES string of the molecule is C=CCC1(CC=C)C=C(Br)c2ccccc21. The average Bonchev–Trinajstić information content (AvgIpc) is 2.55. The summed E-state index contributed by atoms with van der Waals surface area (Å²) in [5.41, 5.74) is 2.73. The lowest BCUT2D eigenvalue weighted by molar-refractivity contribution is 0.561. The Kier molecular flexibility index (Phi) is 3.15. The van der Waals surface area contributed by atoms with Gasteiger partial charge in [0, 0.05) is 9.90 Å². The van der Waals surface area contributed by atoms with Crippen LogP contribution in [0.25, 0.3) is 4.48 Å². The molecule has 2 rings (SSSR count). The average molecular weight is 275 g/mol. The van der Waals surface area contributed by atoms with Crippen molar-refractivity contribution < 1.29 is 0 Å². The van der Waals surface area contributed by atoms with Crippen molar-refractivity contribution in [2.75, 3.05) is 0 Å². The van der Waals surface area contributed by atoms with E-state index in [1.54, 1.807) is 0 Å². The first kappa shape index (κ1) is 11.4. The van der Waals surface area contributed by atoms with Crippen molar-refractivity contribution >= 4 is 20.4 Å². The summed E-state index contributed by atoms with van der Waals surface area (Å²) >= 11 is 3.65. The van der Waals surface area contributed by atoms with Gasteiger partial charge in [-0.05, 0) is 24.0 Å². The molecule has 1 aromatic rings. The van der Waals surface area contributed by atoms with Crippen LogP contribution in [-0.4, -0.2) is 0 Å². The Morgan fingerprint density at radius 3 is 2.38 bits per heavy atom. The predicted molar refractivity (Wildman–Crippen MR) is 74.7 cm³/mol. The zero-order chi connectivity index (χ0) is 11.6. The topological polar surface area (TPSA) is 0 Å². The molecule has 0 amide bonds. The second kappa shape index (κ2) is 4.42. The maximum absolute atomic E-state index is 3.87. The van der Waals surface area contributed by atoms with E-state index in [9.17, 15) is 0 Å². The van der Waals surface area contributed by atoms with Crippen molar-refractivity contribution in [2.45, 2.75) is 18.3 Å². The van der Waals surface area contributed by atoms with Crippen molar-refractivity contribution in [1.82, 2.24) is 0 Å². The van der Waals surface area contributed by atoms with E-state index in [-0.39, 0.29) is 5.41 Å². The van der Waals surface area contributed by atoms with E-state index in [0.29, 0.717) is 0 Å². The van der Waals surface area contributed by atoms with E-state index in [4.69, 9.17) is 0 Å². The molecule has 0 aliphatic heterocycles. The Labute approximate surface area is 106 Å². The molecule has 1 aliphatic rings. The van der Waals surface area contributed by atoms with Gasteiger partial charge in [0.2, 0.25) is 0 Å². The first-order chi connectivity index (χ1) is 7.73. The second-order valence-corrected chi connectivity index (χ2v) is 5.03. The van der Waals surface area contributed by atoms with E-state index in [1.165, 1.54) is 15.6 Å². The number of rotatable bonds is 4. The zero-order valence-corrected chi connectivity index (χ0v) is 10.8. The van der Waals surface area contributed by atoms with Crippen LogP contribution in [0.1, 0.15) is 24.0 Å². The van der Waals surface area contributed by atoms with Crippen molar-refractivity contribution in [3.05, 3.63) is 66.8 Å². The van der Waals surface area contributed by atoms with Crippen molar-refractivity contribution in [2.24, 2.45) is 0 Å². The van der Waals surface area contributed by atoms with Crippen molar-refractivity contribution in [1.29, 1.82) is 0 Å². The Balaban J connectivity index is 2.56. The minimum atomic E-state index is 0.0545. The molecule has 1 aliphatic carbocycles. The van der Waals surface area contributed by atoms with E-state index >= 15 is 0 Å². The third kappa shape index (κ3) is 1.69. The maximum atomic E-state index is 3.87. The van der Waals surface area contributed by atoms with Crippen LogP contribution in [0.5, 0.6) is 0 Å². The summed E-state index contributed by atoms with van der Waals surface area (Å²) in [7, 11) is 0. The minimum absolute atomic E-state index is 0.0545. The Bertz CT molecular complexity index is 444. The van der Waals surface area contributed by atoms with Gasteiger partial charge in [0.1, 0.15) is 0 Å². The molecule has 0 bridgehead atoms. The molecule has 0 N–H and O–H groups in total. The molecule has 1 heteroatoms. The van der Waals surface area contributed by atoms with Gasteiger partial charge in [0.05, 0.1) is 0 Å². The van der Waals surface area contributed by atoms with Crippen LogP contribution in [0.2, 0.25) is 0 Å². The van der Waals surface area contributed by atoms with E-state index < -0.39 is 0 Å². The van der Waals surface area contributed by atoms with Crippen molar-refractivity contribution in [3.63, 3.8) is 0 Å². The molecule has 0 aromatic heterocycles. The lowest BCUT2D eigenvalue weighted by Crippen LogP contribution is -2.19. The third-order valence-corrected chi connectivity index (χ3v) is 3.80. The van der Waals surface area contributed by atoms with Crippen LogP contribution in [0.4, 0.5) is 0 Å². The van der Waals surface area contributed by atoms with Gasteiger partial charge in [-0.2, -0.15) is 0 Å². The maximum Gasteiger partial charge on any atom is 0.0221 e. The van der Waals surface area contributed by atoms with Crippen molar-refractivity contribution in [3.8, 4) is 0 Å². The first-order valence-electron chi connectivity index (χ1n) is 5.43. The molecule has 0 fully saturated rings. The highest BCUT2D eigenvalue weighted by molar-refractivity contribution is 9.15. The van der Waals surface area contributed by atoms with Gasteiger partial charge in [0.15, 0.2) is 0 Å². The van der Waals surface area contributed by atoms with Crippen LogP contribution in [-0.2, 0) is 5.41 Å². The second-order valence-electron chi connectivity index (χ2n) is 4.18. The Morgan fingerprint density at radius 1 is 1.12 bits per heavy atom. The molecule has 1 aromatic carbocycles. The van der Waals surface area contributed by atoms with Crippen LogP contribution in [0.3, 0.4) is 0 Å². The largest absolute Gasteiger partial charge is 0.103 e. The molecule has 0 unspecified atom stereocenters. The molecule has 0 atom stereocenters. The van der Waals surface area contributed by atoms with Gasteiger partial charge in [-0.25, -0.2) is 0 Å². The summed E-state index contributed by atoms with van der Waals surface area (Å²) in [5, 5.41) is 0. The summed E-state index contributed by atoms with van der Waals surface area (Å²) in [6.45, 7) is 7.74. The van der Waals surface area contributed by atoms with Gasteiger partial charge < -0.3 is 0 Å². The molecule has 0 heterocycles. The minimum Gasteiger partial charge on any atom is -0.103 e. The Morgan fingerprint density at radius 2 is 1.75 bits per heavy atom. The molecular weight excluding hydrogens is 260 g/mol. The van der Waals surface area contributed by atoms with Crippen LogP contribution in [0.15, 0.2) is 55.7 Å². The van der Waals surface area contributed by atoms with E-state index in [0.717, 1.165) is 12.8 Å². The van der Waals surface area contributed by atoms with Gasteiger partial charge in [-0.3, -0.25) is 0 Å². The lowest BCUT2D eigenvalue weighted by Gasteiger charge is -2.26. The number of halogens is 1. The molecule has 0 saturated heterocycles. The Hall–Kier alpha value is -1.08. The fourth-order valence-electron chi connectivity index (χ4n) is 2.46. The fourth-order valence-corrected chi connectivity index (χ4v) is 3.24.